The average Bonchev–Trinajstić information content (AvgIpc) is 3.38. The van der Waals surface area contributed by atoms with Crippen LogP contribution in [0.3, 0.4) is 0 Å². The van der Waals surface area contributed by atoms with Crippen molar-refractivity contribution in [1.82, 2.24) is 10.6 Å². The van der Waals surface area contributed by atoms with Crippen molar-refractivity contribution in [2.24, 2.45) is 5.92 Å². The van der Waals surface area contributed by atoms with Crippen LogP contribution >= 0.6 is 0 Å². The quantitative estimate of drug-likeness (QED) is 0.432. The van der Waals surface area contributed by atoms with Crippen molar-refractivity contribution in [3.63, 3.8) is 0 Å². The van der Waals surface area contributed by atoms with Crippen molar-refractivity contribution in [2.45, 2.75) is 40.2 Å². The van der Waals surface area contributed by atoms with Crippen LogP contribution in [-0.4, -0.2) is 32.9 Å². The molecule has 198 valence electrons. The van der Waals surface area contributed by atoms with Crippen LogP contribution in [0.1, 0.15) is 35.1 Å². The fourth-order valence-corrected chi connectivity index (χ4v) is 4.07. The Kier molecular flexibility index (Phi) is 11.2. The van der Waals surface area contributed by atoms with Crippen molar-refractivity contribution in [2.75, 3.05) is 26.5 Å². The van der Waals surface area contributed by atoms with E-state index in [2.05, 4.69) is 36.6 Å². The third kappa shape index (κ3) is 9.10. The molecule has 3 aromatic rings. The molecule has 5 rings (SSSR count). The molecule has 0 spiro atoms. The van der Waals surface area contributed by atoms with Crippen molar-refractivity contribution in [3.05, 3.63) is 88.7 Å². The molecule has 1 saturated heterocycles. The van der Waals surface area contributed by atoms with Gasteiger partial charge in [0.05, 0.1) is 6.61 Å². The number of aryl methyl sites for hydroxylation is 3. The zero-order chi connectivity index (χ0) is 26.5. The Labute approximate surface area is 219 Å². The van der Waals surface area contributed by atoms with Crippen LogP contribution in [0.4, 0.5) is 4.39 Å². The Bertz CT molecular complexity index is 1090. The molecule has 2 aliphatic heterocycles. The third-order valence-electron chi connectivity index (χ3n) is 6.31. The van der Waals surface area contributed by atoms with E-state index in [0.717, 1.165) is 43.4 Å². The summed E-state index contributed by atoms with van der Waals surface area (Å²) in [4.78, 5) is 10.1. The first-order valence-electron chi connectivity index (χ1n) is 12.6. The Morgan fingerprint density at radius 3 is 2.38 bits per heavy atom. The second kappa shape index (κ2) is 14.9. The molecule has 1 atom stereocenters. The van der Waals surface area contributed by atoms with Gasteiger partial charge in [-0.3, -0.25) is 4.79 Å². The van der Waals surface area contributed by atoms with Crippen LogP contribution in [0.15, 0.2) is 60.7 Å². The van der Waals surface area contributed by atoms with Crippen LogP contribution < -0.4 is 24.8 Å². The van der Waals surface area contributed by atoms with Crippen LogP contribution in [0.25, 0.3) is 0 Å². The number of carbonyl (C=O) groups is 1. The third-order valence-corrected chi connectivity index (χ3v) is 6.31. The highest BCUT2D eigenvalue weighted by Crippen LogP contribution is 2.35. The van der Waals surface area contributed by atoms with E-state index in [1.165, 1.54) is 35.6 Å². The molecule has 0 bridgehead atoms. The van der Waals surface area contributed by atoms with Gasteiger partial charge in [-0.1, -0.05) is 36.4 Å². The largest absolute Gasteiger partial charge is 0.493 e. The van der Waals surface area contributed by atoms with Gasteiger partial charge >= 0.3 is 0 Å². The molecule has 3 aromatic carbocycles. The van der Waals surface area contributed by atoms with Crippen LogP contribution in [0.5, 0.6) is 17.2 Å². The first-order chi connectivity index (χ1) is 18.0. The van der Waals surface area contributed by atoms with E-state index in [4.69, 9.17) is 14.2 Å². The van der Waals surface area contributed by atoms with Gasteiger partial charge in [0, 0.05) is 25.1 Å². The van der Waals surface area contributed by atoms with Gasteiger partial charge < -0.3 is 24.8 Å². The molecule has 7 heteroatoms. The molecule has 0 saturated carbocycles. The van der Waals surface area contributed by atoms with Crippen molar-refractivity contribution >= 4 is 6.41 Å². The number of fused-ring (bicyclic) bond motifs is 1. The summed E-state index contributed by atoms with van der Waals surface area (Å²) in [5, 5.41) is 6.05. The summed E-state index contributed by atoms with van der Waals surface area (Å²) in [5.74, 6) is 2.93. The number of benzene rings is 3. The first kappa shape index (κ1) is 28.0. The summed E-state index contributed by atoms with van der Waals surface area (Å²) in [6.45, 7) is 9.75. The highest BCUT2D eigenvalue weighted by atomic mass is 19.1. The number of carbonyl (C=O) groups excluding carboxylic acids is 1. The SMILES string of the molecule is Cc1cccc(C)c1CNC=O.Cc1ccccc1F.c1cc2c(cc1OCC1CCCNC1)OCO2. The Morgan fingerprint density at radius 2 is 1.73 bits per heavy atom. The maximum Gasteiger partial charge on any atom is 0.231 e. The molecule has 1 amide bonds. The normalized spacial score (nSPS) is 15.4. The Balaban J connectivity index is 0.000000166. The summed E-state index contributed by atoms with van der Waals surface area (Å²) in [6, 6.07) is 18.6. The predicted molar refractivity (Wildman–Crippen MR) is 144 cm³/mol. The lowest BCUT2D eigenvalue weighted by molar-refractivity contribution is -0.109. The Morgan fingerprint density at radius 1 is 1.00 bits per heavy atom. The van der Waals surface area contributed by atoms with E-state index < -0.39 is 0 Å². The van der Waals surface area contributed by atoms with Gasteiger partial charge in [0.2, 0.25) is 13.2 Å². The van der Waals surface area contributed by atoms with Gasteiger partial charge in [0.25, 0.3) is 0 Å². The molecule has 2 N–H and O–H groups in total. The van der Waals surface area contributed by atoms with Gasteiger partial charge in [-0.05, 0) is 80.6 Å². The molecule has 1 fully saturated rings. The average molecular weight is 509 g/mol. The second-order valence-corrected chi connectivity index (χ2v) is 9.16. The fraction of sp³-hybridized carbons (Fsp3) is 0.367. The lowest BCUT2D eigenvalue weighted by Gasteiger charge is -2.22. The summed E-state index contributed by atoms with van der Waals surface area (Å²) in [5.41, 5.74) is 4.37. The summed E-state index contributed by atoms with van der Waals surface area (Å²) >= 11 is 0. The molecule has 0 aliphatic carbocycles. The van der Waals surface area contributed by atoms with E-state index in [9.17, 15) is 9.18 Å². The molecule has 2 heterocycles. The van der Waals surface area contributed by atoms with E-state index in [1.54, 1.807) is 19.1 Å². The van der Waals surface area contributed by atoms with Gasteiger partial charge in [0.1, 0.15) is 11.6 Å². The second-order valence-electron chi connectivity index (χ2n) is 9.16. The highest BCUT2D eigenvalue weighted by Gasteiger charge is 2.16. The first-order valence-corrected chi connectivity index (χ1v) is 12.6. The number of ether oxygens (including phenoxy) is 3. The van der Waals surface area contributed by atoms with E-state index in [-0.39, 0.29) is 5.82 Å². The van der Waals surface area contributed by atoms with Gasteiger partial charge in [-0.15, -0.1) is 0 Å². The van der Waals surface area contributed by atoms with Gasteiger partial charge in [-0.25, -0.2) is 4.39 Å². The molecular weight excluding hydrogens is 471 g/mol. The fourth-order valence-electron chi connectivity index (χ4n) is 4.07. The molecule has 37 heavy (non-hydrogen) atoms. The number of hydrogen-bond donors (Lipinski definition) is 2. The number of nitrogens with one attached hydrogen (secondary N) is 2. The minimum atomic E-state index is -0.132. The predicted octanol–water partition coefficient (Wildman–Crippen LogP) is 5.48. The molecule has 1 unspecified atom stereocenters. The van der Waals surface area contributed by atoms with Crippen LogP contribution in [0, 0.1) is 32.5 Å². The maximum atomic E-state index is 12.3. The molecule has 2 aliphatic rings. The number of rotatable bonds is 6. The van der Waals surface area contributed by atoms with Gasteiger partial charge in [-0.2, -0.15) is 0 Å². The lowest BCUT2D eigenvalue weighted by atomic mass is 10.0. The van der Waals surface area contributed by atoms with Gasteiger partial charge in [0.15, 0.2) is 11.5 Å². The van der Waals surface area contributed by atoms with E-state index in [0.29, 0.717) is 24.8 Å². The summed E-state index contributed by atoms with van der Waals surface area (Å²) in [7, 11) is 0. The summed E-state index contributed by atoms with van der Waals surface area (Å²) in [6.07, 6.45) is 3.22. The maximum absolute atomic E-state index is 12.3. The zero-order valence-corrected chi connectivity index (χ0v) is 21.9. The minimum Gasteiger partial charge on any atom is -0.493 e. The number of halogens is 1. The zero-order valence-electron chi connectivity index (χ0n) is 21.9. The van der Waals surface area contributed by atoms with Crippen molar-refractivity contribution < 1.29 is 23.4 Å². The van der Waals surface area contributed by atoms with E-state index in [1.807, 2.05) is 30.3 Å². The molecule has 0 aromatic heterocycles. The standard InChI is InChI=1S/C13H17NO3.C10H13NO.C7H7F/c1-2-10(7-14-5-1)8-15-11-3-4-12-13(6-11)17-9-16-12;1-8-4-3-5-9(2)10(8)6-11-7-12;1-6-4-2-3-5-7(6)8/h3-4,6,10,14H,1-2,5,7-9H2;3-5,7H,6H2,1-2H3,(H,11,12);2-5H,1H3. The van der Waals surface area contributed by atoms with Crippen LogP contribution in [0.2, 0.25) is 0 Å². The number of hydrogen-bond acceptors (Lipinski definition) is 5. The molecule has 0 radical (unpaired) electrons. The van der Waals surface area contributed by atoms with Crippen molar-refractivity contribution in [1.29, 1.82) is 0 Å². The molecule has 6 nitrogen and oxygen atoms in total. The smallest absolute Gasteiger partial charge is 0.231 e. The lowest BCUT2D eigenvalue weighted by Crippen LogP contribution is -2.33. The summed E-state index contributed by atoms with van der Waals surface area (Å²) < 4.78 is 28.7. The van der Waals surface area contributed by atoms with E-state index >= 15 is 0 Å². The van der Waals surface area contributed by atoms with Crippen LogP contribution in [-0.2, 0) is 11.3 Å². The Hall–Kier alpha value is -3.58. The molecular formula is C30H37FN2O4. The topological polar surface area (TPSA) is 68.8 Å². The highest BCUT2D eigenvalue weighted by molar-refractivity contribution is 5.47. The number of amides is 1. The minimum absolute atomic E-state index is 0.132. The monoisotopic (exact) mass is 508 g/mol. The van der Waals surface area contributed by atoms with Crippen molar-refractivity contribution in [3.8, 4) is 17.2 Å². The number of piperidine rings is 1.